The van der Waals surface area contributed by atoms with E-state index in [0.717, 1.165) is 37.5 Å². The molecule has 1 atom stereocenters. The standard InChI is InChI=1S/C18H27N3O3.HI/c1-19-18(21-11-9-15(10-12-21)17(22)24-3)20-13-16(23-2)14-7-5-4-6-8-14;/h4-8,15-16H,9-13H2,1-3H3,(H,19,20);1H. The molecule has 1 saturated heterocycles. The molecule has 7 heteroatoms. The fourth-order valence-corrected chi connectivity index (χ4v) is 3.01. The average molecular weight is 461 g/mol. The Kier molecular flexibility index (Phi) is 9.81. The number of carbonyl (C=O) groups is 1. The Morgan fingerprint density at radius 2 is 1.92 bits per heavy atom. The van der Waals surface area contributed by atoms with E-state index in [0.29, 0.717) is 6.54 Å². The Hall–Kier alpha value is -1.35. The van der Waals surface area contributed by atoms with Gasteiger partial charge in [-0.05, 0) is 18.4 Å². The average Bonchev–Trinajstić information content (AvgIpc) is 2.66. The van der Waals surface area contributed by atoms with Gasteiger partial charge in [0.2, 0.25) is 0 Å². The zero-order valence-electron chi connectivity index (χ0n) is 15.1. The van der Waals surface area contributed by atoms with E-state index in [1.165, 1.54) is 7.11 Å². The molecule has 1 unspecified atom stereocenters. The molecular weight excluding hydrogens is 433 g/mol. The summed E-state index contributed by atoms with van der Waals surface area (Å²) in [6.07, 6.45) is 1.55. The molecule has 0 aliphatic carbocycles. The van der Waals surface area contributed by atoms with E-state index < -0.39 is 0 Å². The van der Waals surface area contributed by atoms with Crippen LogP contribution in [0.15, 0.2) is 35.3 Å². The lowest BCUT2D eigenvalue weighted by molar-refractivity contribution is -0.146. The Bertz CT molecular complexity index is 546. The van der Waals surface area contributed by atoms with Crippen LogP contribution in [0.5, 0.6) is 0 Å². The summed E-state index contributed by atoms with van der Waals surface area (Å²) in [4.78, 5) is 18.2. The van der Waals surface area contributed by atoms with E-state index >= 15 is 0 Å². The Balaban J connectivity index is 0.00000312. The van der Waals surface area contributed by atoms with E-state index in [1.54, 1.807) is 14.2 Å². The number of piperidine rings is 1. The van der Waals surface area contributed by atoms with Gasteiger partial charge in [0, 0.05) is 33.8 Å². The fourth-order valence-electron chi connectivity index (χ4n) is 3.01. The molecule has 1 aliphatic heterocycles. The SMILES string of the molecule is CN=C(NCC(OC)c1ccccc1)N1CCC(C(=O)OC)CC1.I. The Morgan fingerprint density at radius 1 is 1.28 bits per heavy atom. The van der Waals surface area contributed by atoms with Gasteiger partial charge in [-0.15, -0.1) is 24.0 Å². The number of ether oxygens (including phenoxy) is 2. The summed E-state index contributed by atoms with van der Waals surface area (Å²) in [6, 6.07) is 10.1. The maximum atomic E-state index is 11.6. The highest BCUT2D eigenvalue weighted by Gasteiger charge is 2.27. The number of hydrogen-bond donors (Lipinski definition) is 1. The van der Waals surface area contributed by atoms with Crippen LogP contribution >= 0.6 is 24.0 Å². The number of hydrogen-bond acceptors (Lipinski definition) is 4. The third-order valence-electron chi connectivity index (χ3n) is 4.44. The van der Waals surface area contributed by atoms with Crippen molar-refractivity contribution in [3.05, 3.63) is 35.9 Å². The molecule has 0 aromatic heterocycles. The topological polar surface area (TPSA) is 63.2 Å². The first kappa shape index (κ1) is 21.7. The second kappa shape index (κ2) is 11.3. The van der Waals surface area contributed by atoms with Crippen molar-refractivity contribution in [3.63, 3.8) is 0 Å². The largest absolute Gasteiger partial charge is 0.469 e. The molecule has 0 bridgehead atoms. The number of benzene rings is 1. The third kappa shape index (κ3) is 6.14. The molecule has 0 radical (unpaired) electrons. The lowest BCUT2D eigenvalue weighted by Crippen LogP contribution is -2.47. The quantitative estimate of drug-likeness (QED) is 0.316. The van der Waals surface area contributed by atoms with Gasteiger partial charge >= 0.3 is 5.97 Å². The van der Waals surface area contributed by atoms with Crippen molar-refractivity contribution in [2.75, 3.05) is 40.9 Å². The van der Waals surface area contributed by atoms with E-state index in [9.17, 15) is 4.79 Å². The number of methoxy groups -OCH3 is 2. The van der Waals surface area contributed by atoms with Crippen LogP contribution in [-0.2, 0) is 14.3 Å². The molecule has 1 N–H and O–H groups in total. The van der Waals surface area contributed by atoms with Crippen LogP contribution in [0.25, 0.3) is 0 Å². The molecule has 2 rings (SSSR count). The number of likely N-dealkylation sites (tertiary alicyclic amines) is 1. The second-order valence-electron chi connectivity index (χ2n) is 5.85. The summed E-state index contributed by atoms with van der Waals surface area (Å²) in [6.45, 7) is 2.23. The van der Waals surface area contributed by atoms with Crippen molar-refractivity contribution in [1.29, 1.82) is 0 Å². The molecule has 1 aromatic rings. The smallest absolute Gasteiger partial charge is 0.308 e. The number of nitrogens with zero attached hydrogens (tertiary/aromatic N) is 2. The number of carbonyl (C=O) groups excluding carboxylic acids is 1. The van der Waals surface area contributed by atoms with Crippen molar-refractivity contribution in [3.8, 4) is 0 Å². The lowest BCUT2D eigenvalue weighted by atomic mass is 9.97. The normalized spacial score (nSPS) is 16.8. The van der Waals surface area contributed by atoms with Crippen LogP contribution in [0.3, 0.4) is 0 Å². The van der Waals surface area contributed by atoms with Gasteiger partial charge in [-0.2, -0.15) is 0 Å². The fraction of sp³-hybridized carbons (Fsp3) is 0.556. The van der Waals surface area contributed by atoms with Gasteiger partial charge in [-0.3, -0.25) is 9.79 Å². The first-order valence-corrected chi connectivity index (χ1v) is 8.30. The molecular formula is C18H28IN3O3. The van der Waals surface area contributed by atoms with Crippen LogP contribution in [0.1, 0.15) is 24.5 Å². The maximum Gasteiger partial charge on any atom is 0.308 e. The maximum absolute atomic E-state index is 11.6. The van der Waals surface area contributed by atoms with Crippen LogP contribution in [-0.4, -0.2) is 57.7 Å². The lowest BCUT2D eigenvalue weighted by Gasteiger charge is -2.33. The Labute approximate surface area is 167 Å². The summed E-state index contributed by atoms with van der Waals surface area (Å²) in [5.74, 6) is 0.734. The zero-order chi connectivity index (χ0) is 17.4. The first-order valence-electron chi connectivity index (χ1n) is 8.30. The minimum absolute atomic E-state index is 0. The van der Waals surface area contributed by atoms with Crippen LogP contribution in [0.2, 0.25) is 0 Å². The highest BCUT2D eigenvalue weighted by molar-refractivity contribution is 14.0. The number of esters is 1. The van der Waals surface area contributed by atoms with Crippen LogP contribution in [0, 0.1) is 5.92 Å². The summed E-state index contributed by atoms with van der Waals surface area (Å²) in [5.41, 5.74) is 1.13. The van der Waals surface area contributed by atoms with Gasteiger partial charge in [0.25, 0.3) is 0 Å². The van der Waals surface area contributed by atoms with Crippen molar-refractivity contribution < 1.29 is 14.3 Å². The van der Waals surface area contributed by atoms with E-state index in [1.807, 2.05) is 18.2 Å². The van der Waals surface area contributed by atoms with E-state index in [2.05, 4.69) is 27.3 Å². The van der Waals surface area contributed by atoms with Gasteiger partial charge in [0.1, 0.15) is 0 Å². The molecule has 1 aliphatic rings. The molecule has 0 amide bonds. The molecule has 25 heavy (non-hydrogen) atoms. The molecule has 140 valence electrons. The number of rotatable bonds is 5. The van der Waals surface area contributed by atoms with Crippen molar-refractivity contribution in [1.82, 2.24) is 10.2 Å². The summed E-state index contributed by atoms with van der Waals surface area (Å²) in [5, 5.41) is 3.38. The van der Waals surface area contributed by atoms with Crippen molar-refractivity contribution in [2.24, 2.45) is 10.9 Å². The molecule has 1 aromatic carbocycles. The number of nitrogens with one attached hydrogen (secondary N) is 1. The molecule has 0 spiro atoms. The molecule has 0 saturated carbocycles. The molecule has 1 heterocycles. The second-order valence-corrected chi connectivity index (χ2v) is 5.85. The predicted octanol–water partition coefficient (Wildman–Crippen LogP) is 2.45. The predicted molar refractivity (Wildman–Crippen MR) is 109 cm³/mol. The molecule has 1 fully saturated rings. The Morgan fingerprint density at radius 3 is 2.44 bits per heavy atom. The van der Waals surface area contributed by atoms with Gasteiger partial charge in [-0.1, -0.05) is 30.3 Å². The zero-order valence-corrected chi connectivity index (χ0v) is 17.4. The van der Waals surface area contributed by atoms with Gasteiger partial charge in [-0.25, -0.2) is 0 Å². The van der Waals surface area contributed by atoms with Gasteiger partial charge in [0.05, 0.1) is 19.1 Å². The number of guanidine groups is 1. The summed E-state index contributed by atoms with van der Waals surface area (Å²) < 4.78 is 10.4. The minimum atomic E-state index is -0.110. The first-order chi connectivity index (χ1) is 11.7. The monoisotopic (exact) mass is 461 g/mol. The number of halogens is 1. The van der Waals surface area contributed by atoms with Crippen LogP contribution < -0.4 is 5.32 Å². The van der Waals surface area contributed by atoms with Crippen LogP contribution in [0.4, 0.5) is 0 Å². The summed E-state index contributed by atoms with van der Waals surface area (Å²) in [7, 11) is 4.94. The highest BCUT2D eigenvalue weighted by atomic mass is 127. The van der Waals surface area contributed by atoms with Crippen molar-refractivity contribution >= 4 is 35.9 Å². The van der Waals surface area contributed by atoms with Crippen molar-refractivity contribution in [2.45, 2.75) is 18.9 Å². The number of aliphatic imine (C=N–C) groups is 1. The van der Waals surface area contributed by atoms with E-state index in [4.69, 9.17) is 9.47 Å². The third-order valence-corrected chi connectivity index (χ3v) is 4.44. The highest BCUT2D eigenvalue weighted by Crippen LogP contribution is 2.19. The van der Waals surface area contributed by atoms with E-state index in [-0.39, 0.29) is 42.0 Å². The van der Waals surface area contributed by atoms with Gasteiger partial charge < -0.3 is 19.7 Å². The minimum Gasteiger partial charge on any atom is -0.469 e. The molecule has 6 nitrogen and oxygen atoms in total. The summed E-state index contributed by atoms with van der Waals surface area (Å²) >= 11 is 0. The van der Waals surface area contributed by atoms with Gasteiger partial charge in [0.15, 0.2) is 5.96 Å².